The quantitative estimate of drug-likeness (QED) is 0.459. The third-order valence-electron chi connectivity index (χ3n) is 5.46. The summed E-state index contributed by atoms with van der Waals surface area (Å²) in [5, 5.41) is -1.26. The number of rotatable bonds is 4. The third-order valence-corrected chi connectivity index (χ3v) is 7.32. The van der Waals surface area contributed by atoms with Crippen molar-refractivity contribution < 1.29 is 56.5 Å². The highest BCUT2D eigenvalue weighted by Crippen LogP contribution is 2.72. The second-order valence-corrected chi connectivity index (χ2v) is 9.06. The van der Waals surface area contributed by atoms with E-state index in [9.17, 15) is 52.3 Å². The molecule has 0 bridgehead atoms. The van der Waals surface area contributed by atoms with Gasteiger partial charge in [-0.15, -0.1) is 0 Å². The van der Waals surface area contributed by atoms with Gasteiger partial charge >= 0.3 is 23.7 Å². The van der Waals surface area contributed by atoms with E-state index in [-0.39, 0.29) is 6.42 Å². The maximum absolute atomic E-state index is 14.9. The van der Waals surface area contributed by atoms with Gasteiger partial charge in [0.05, 0.1) is 11.4 Å². The van der Waals surface area contributed by atoms with Gasteiger partial charge in [0.25, 0.3) is 10.1 Å². The Labute approximate surface area is 153 Å². The zero-order chi connectivity index (χ0) is 22.2. The molecule has 0 aromatic rings. The van der Waals surface area contributed by atoms with E-state index in [0.717, 1.165) is 6.92 Å². The summed E-state index contributed by atoms with van der Waals surface area (Å²) in [5.74, 6) is -26.9. The summed E-state index contributed by atoms with van der Waals surface area (Å²) < 4.78 is 168. The summed E-state index contributed by atoms with van der Waals surface area (Å²) in [4.78, 5) is 0. The monoisotopic (exact) mass is 454 g/mol. The van der Waals surface area contributed by atoms with Gasteiger partial charge in [-0.05, 0) is 26.2 Å². The van der Waals surface area contributed by atoms with E-state index < -0.39 is 75.8 Å². The largest absolute Gasteiger partial charge is 0.381 e. The van der Waals surface area contributed by atoms with Crippen LogP contribution in [0, 0.1) is 0 Å². The number of hydrogen-bond donors (Lipinski definition) is 0. The maximum atomic E-state index is 14.9. The van der Waals surface area contributed by atoms with Gasteiger partial charge in [-0.2, -0.15) is 43.5 Å². The van der Waals surface area contributed by atoms with Crippen molar-refractivity contribution in [3.63, 3.8) is 0 Å². The van der Waals surface area contributed by atoms with Crippen LogP contribution < -0.4 is 0 Å². The van der Waals surface area contributed by atoms with Crippen LogP contribution in [0.25, 0.3) is 0 Å². The smallest absolute Gasteiger partial charge is 0.266 e. The molecule has 166 valence electrons. The van der Waals surface area contributed by atoms with Gasteiger partial charge in [-0.1, -0.05) is 6.92 Å². The predicted octanol–water partition coefficient (Wildman–Crippen LogP) is 4.66. The van der Waals surface area contributed by atoms with Crippen molar-refractivity contribution in [2.24, 2.45) is 0 Å². The minimum atomic E-state index is -6.95. The lowest BCUT2D eigenvalue weighted by molar-refractivity contribution is -0.470. The molecule has 28 heavy (non-hydrogen) atoms. The predicted molar refractivity (Wildman–Crippen MR) is 74.9 cm³/mol. The number of alkyl halides is 10. The lowest BCUT2D eigenvalue weighted by Gasteiger charge is -2.58. The molecule has 0 spiro atoms. The Morgan fingerprint density at radius 1 is 0.857 bits per heavy atom. The molecule has 0 radical (unpaired) electrons. The number of halogens is 10. The third kappa shape index (κ3) is 2.48. The topological polar surface area (TPSA) is 43.4 Å². The summed E-state index contributed by atoms with van der Waals surface area (Å²) >= 11 is 0. The van der Waals surface area contributed by atoms with Gasteiger partial charge in [0, 0.05) is 6.42 Å². The molecule has 2 saturated carbocycles. The Morgan fingerprint density at radius 2 is 1.29 bits per heavy atom. The van der Waals surface area contributed by atoms with E-state index in [1.165, 1.54) is 6.92 Å². The van der Waals surface area contributed by atoms with E-state index in [2.05, 4.69) is 4.18 Å². The van der Waals surface area contributed by atoms with E-state index in [1.807, 2.05) is 0 Å². The second-order valence-electron chi connectivity index (χ2n) is 7.07. The average molecular weight is 454 g/mol. The molecule has 14 heteroatoms. The summed E-state index contributed by atoms with van der Waals surface area (Å²) in [6.45, 7) is 2.47. The van der Waals surface area contributed by atoms with Crippen LogP contribution in [0.4, 0.5) is 43.9 Å². The molecule has 0 N–H and O–H groups in total. The molecule has 0 saturated heterocycles. The van der Waals surface area contributed by atoms with Crippen molar-refractivity contribution in [3.8, 4) is 0 Å². The van der Waals surface area contributed by atoms with E-state index in [4.69, 9.17) is 0 Å². The normalized spacial score (nSPS) is 39.8. The summed E-state index contributed by atoms with van der Waals surface area (Å²) in [7, 11) is -4.57. The van der Waals surface area contributed by atoms with Crippen LogP contribution in [0.5, 0.6) is 0 Å². The first-order chi connectivity index (χ1) is 12.3. The fourth-order valence-corrected chi connectivity index (χ4v) is 4.52. The molecule has 0 aliphatic heterocycles. The lowest BCUT2D eigenvalue weighted by atomic mass is 9.59. The van der Waals surface area contributed by atoms with Crippen LogP contribution in [0.1, 0.15) is 39.5 Å². The van der Waals surface area contributed by atoms with Gasteiger partial charge < -0.3 is 0 Å². The molecule has 4 atom stereocenters. The van der Waals surface area contributed by atoms with Crippen LogP contribution in [-0.2, 0) is 14.3 Å². The molecule has 4 unspecified atom stereocenters. The van der Waals surface area contributed by atoms with Crippen molar-refractivity contribution in [2.45, 2.75) is 85.9 Å². The SMILES string of the molecule is CCC(C)S(=O)(=O)OC1CCC2(F)C(F)(F)C(F)(F)C(F)(F)C(F)(F)C2(F)C1. The fraction of sp³-hybridized carbons (Fsp3) is 1.00. The molecule has 0 heterocycles. The summed E-state index contributed by atoms with van der Waals surface area (Å²) in [6, 6.07) is 0. The molecule has 0 amide bonds. The molecule has 0 aromatic carbocycles. The first-order valence-corrected chi connectivity index (χ1v) is 9.55. The molecule has 2 fully saturated rings. The molecule has 0 aromatic heterocycles. The zero-order valence-corrected chi connectivity index (χ0v) is 15.2. The van der Waals surface area contributed by atoms with Crippen LogP contribution in [0.3, 0.4) is 0 Å². The van der Waals surface area contributed by atoms with Crippen LogP contribution in [-0.4, -0.2) is 54.8 Å². The number of fused-ring (bicyclic) bond motifs is 1. The van der Waals surface area contributed by atoms with E-state index >= 15 is 0 Å². The molecule has 2 rings (SSSR count). The standard InChI is InChI=1S/C14H16F10O3S/c1-3-7(2)28(25,26)27-8-4-5-9(15)10(16,6-8)12(19,20)14(23,24)13(21,22)11(9,17)18/h7-8H,3-6H2,1-2H3. The molecular formula is C14H16F10O3S. The molecule has 2 aliphatic carbocycles. The lowest BCUT2D eigenvalue weighted by Crippen LogP contribution is -2.86. The number of hydrogen-bond acceptors (Lipinski definition) is 3. The maximum Gasteiger partial charge on any atom is 0.381 e. The van der Waals surface area contributed by atoms with E-state index in [1.54, 1.807) is 0 Å². The first-order valence-electron chi connectivity index (χ1n) is 8.08. The van der Waals surface area contributed by atoms with Crippen LogP contribution in [0.2, 0.25) is 0 Å². The first kappa shape index (κ1) is 23.5. The fourth-order valence-electron chi connectivity index (χ4n) is 3.38. The van der Waals surface area contributed by atoms with Crippen LogP contribution >= 0.6 is 0 Å². The molecular weight excluding hydrogens is 438 g/mol. The average Bonchev–Trinajstić information content (AvgIpc) is 2.55. The Hall–Kier alpha value is -0.790. The summed E-state index contributed by atoms with van der Waals surface area (Å²) in [6.07, 6.45) is -7.85. The molecule has 2 aliphatic rings. The second kappa shape index (κ2) is 6.11. The van der Waals surface area contributed by atoms with Crippen molar-refractivity contribution in [1.82, 2.24) is 0 Å². The van der Waals surface area contributed by atoms with Gasteiger partial charge in [0.15, 0.2) is 0 Å². The highest BCUT2D eigenvalue weighted by Gasteiger charge is 2.99. The summed E-state index contributed by atoms with van der Waals surface area (Å²) in [5.41, 5.74) is -10.9. The van der Waals surface area contributed by atoms with Gasteiger partial charge in [-0.3, -0.25) is 4.18 Å². The Bertz CT molecular complexity index is 740. The Morgan fingerprint density at radius 3 is 1.71 bits per heavy atom. The highest BCUT2D eigenvalue weighted by molar-refractivity contribution is 7.87. The Kier molecular flexibility index (Phi) is 5.13. The minimum absolute atomic E-state index is 0.0681. The van der Waals surface area contributed by atoms with Gasteiger partial charge in [0.2, 0.25) is 11.3 Å². The van der Waals surface area contributed by atoms with Crippen molar-refractivity contribution >= 4 is 10.1 Å². The van der Waals surface area contributed by atoms with E-state index in [0.29, 0.717) is 0 Å². The Balaban J connectivity index is 2.56. The minimum Gasteiger partial charge on any atom is -0.266 e. The highest BCUT2D eigenvalue weighted by atomic mass is 32.2. The zero-order valence-electron chi connectivity index (χ0n) is 14.4. The van der Waals surface area contributed by atoms with Crippen molar-refractivity contribution in [1.29, 1.82) is 0 Å². The van der Waals surface area contributed by atoms with Crippen molar-refractivity contribution in [2.75, 3.05) is 0 Å². The molecule has 3 nitrogen and oxygen atoms in total. The van der Waals surface area contributed by atoms with Gasteiger partial charge in [-0.25, -0.2) is 8.78 Å². The van der Waals surface area contributed by atoms with Crippen LogP contribution in [0.15, 0.2) is 0 Å². The van der Waals surface area contributed by atoms with Gasteiger partial charge in [0.1, 0.15) is 0 Å². The van der Waals surface area contributed by atoms with Crippen molar-refractivity contribution in [3.05, 3.63) is 0 Å².